The predicted octanol–water partition coefficient (Wildman–Crippen LogP) is 5.53. The molecule has 0 spiro atoms. The predicted molar refractivity (Wildman–Crippen MR) is 103 cm³/mol. The van der Waals surface area contributed by atoms with Crippen molar-refractivity contribution in [2.45, 2.75) is 49.4 Å². The summed E-state index contributed by atoms with van der Waals surface area (Å²) in [7, 11) is 0. The highest BCUT2D eigenvalue weighted by molar-refractivity contribution is 7.98. The van der Waals surface area contributed by atoms with Crippen molar-refractivity contribution in [2.24, 2.45) is 5.92 Å². The number of halogens is 1. The van der Waals surface area contributed by atoms with Gasteiger partial charge in [0.25, 0.3) is 0 Å². The summed E-state index contributed by atoms with van der Waals surface area (Å²) in [5, 5.41) is 13.0. The first-order chi connectivity index (χ1) is 12.8. The number of benzene rings is 1. The van der Waals surface area contributed by atoms with Crippen LogP contribution in [0.25, 0.3) is 11.3 Å². The highest BCUT2D eigenvalue weighted by atomic mass is 35.5. The second-order valence-corrected chi connectivity index (χ2v) is 8.11. The van der Waals surface area contributed by atoms with Gasteiger partial charge in [0.15, 0.2) is 0 Å². The van der Waals surface area contributed by atoms with Gasteiger partial charge in [-0.1, -0.05) is 66.3 Å². The highest BCUT2D eigenvalue weighted by Crippen LogP contribution is 2.29. The fourth-order valence-electron chi connectivity index (χ4n) is 3.37. The summed E-state index contributed by atoms with van der Waals surface area (Å²) >= 11 is 7.47. The van der Waals surface area contributed by atoms with Gasteiger partial charge in [0.2, 0.25) is 5.16 Å². The van der Waals surface area contributed by atoms with Gasteiger partial charge < -0.3 is 4.52 Å². The van der Waals surface area contributed by atoms with Gasteiger partial charge >= 0.3 is 0 Å². The SMILES string of the molecule is Clc1ccc(-c2cc(CSc3n[nH]c(CCC4CCCC4)n3)on2)cc1. The second kappa shape index (κ2) is 8.27. The molecule has 0 bridgehead atoms. The average molecular weight is 389 g/mol. The Morgan fingerprint density at radius 1 is 1.19 bits per heavy atom. The Morgan fingerprint density at radius 2 is 2.00 bits per heavy atom. The number of rotatable bonds is 7. The Kier molecular flexibility index (Phi) is 5.60. The lowest BCUT2D eigenvalue weighted by molar-refractivity contribution is 0.397. The van der Waals surface area contributed by atoms with E-state index in [0.717, 1.165) is 40.3 Å². The summed E-state index contributed by atoms with van der Waals surface area (Å²) < 4.78 is 5.42. The number of hydrogen-bond donors (Lipinski definition) is 1. The third kappa shape index (κ3) is 4.48. The summed E-state index contributed by atoms with van der Waals surface area (Å²) in [6, 6.07) is 9.51. The highest BCUT2D eigenvalue weighted by Gasteiger charge is 2.16. The molecular weight excluding hydrogens is 368 g/mol. The van der Waals surface area contributed by atoms with Crippen molar-refractivity contribution in [1.82, 2.24) is 20.3 Å². The summed E-state index contributed by atoms with van der Waals surface area (Å²) in [5.41, 5.74) is 1.80. The Hall–Kier alpha value is -1.79. The van der Waals surface area contributed by atoms with E-state index in [1.54, 1.807) is 11.8 Å². The lowest BCUT2D eigenvalue weighted by Crippen LogP contribution is -1.97. The zero-order valence-electron chi connectivity index (χ0n) is 14.4. The average Bonchev–Trinajstić information content (AvgIpc) is 3.40. The van der Waals surface area contributed by atoms with Crippen LogP contribution in [0.4, 0.5) is 0 Å². The standard InChI is InChI=1S/C19H21ClN4OS/c20-15-8-6-14(7-9-15)17-11-16(25-24-17)12-26-19-21-18(22-23-19)10-5-13-3-1-2-4-13/h6-9,11,13H,1-5,10,12H2,(H,21,22,23). The number of aromatic amines is 1. The van der Waals surface area contributed by atoms with E-state index in [0.29, 0.717) is 10.8 Å². The van der Waals surface area contributed by atoms with Crippen LogP contribution >= 0.6 is 23.4 Å². The van der Waals surface area contributed by atoms with E-state index in [-0.39, 0.29) is 0 Å². The van der Waals surface area contributed by atoms with Crippen LogP contribution in [0.15, 0.2) is 40.0 Å². The molecule has 0 saturated heterocycles. The van der Waals surface area contributed by atoms with Gasteiger partial charge in [-0.2, -0.15) is 0 Å². The Bertz CT molecular complexity index is 839. The van der Waals surface area contributed by atoms with Crippen LogP contribution in [0.5, 0.6) is 0 Å². The van der Waals surface area contributed by atoms with E-state index in [1.807, 2.05) is 30.3 Å². The molecule has 7 heteroatoms. The van der Waals surface area contributed by atoms with Crippen LogP contribution in [0.1, 0.15) is 43.7 Å². The topological polar surface area (TPSA) is 67.6 Å². The molecular formula is C19H21ClN4OS. The van der Waals surface area contributed by atoms with Crippen LogP contribution in [-0.2, 0) is 12.2 Å². The van der Waals surface area contributed by atoms with Gasteiger partial charge in [0.1, 0.15) is 17.3 Å². The molecule has 136 valence electrons. The van der Waals surface area contributed by atoms with Gasteiger partial charge in [-0.05, 0) is 24.5 Å². The minimum Gasteiger partial charge on any atom is -0.360 e. The molecule has 3 aromatic rings. The Balaban J connectivity index is 1.29. The first-order valence-corrected chi connectivity index (χ1v) is 10.4. The molecule has 0 atom stereocenters. The lowest BCUT2D eigenvalue weighted by Gasteiger charge is -2.05. The molecule has 1 aliphatic carbocycles. The van der Waals surface area contributed by atoms with E-state index in [4.69, 9.17) is 16.1 Å². The van der Waals surface area contributed by atoms with Crippen molar-refractivity contribution in [2.75, 3.05) is 0 Å². The number of H-pyrrole nitrogens is 1. The van der Waals surface area contributed by atoms with E-state index < -0.39 is 0 Å². The molecule has 0 unspecified atom stereocenters. The van der Waals surface area contributed by atoms with Gasteiger partial charge in [0, 0.05) is 23.1 Å². The molecule has 4 rings (SSSR count). The third-order valence-corrected chi connectivity index (χ3v) is 5.94. The molecule has 0 amide bonds. The Labute approximate surface area is 161 Å². The fourth-order valence-corrected chi connectivity index (χ4v) is 4.19. The minimum atomic E-state index is 0.653. The van der Waals surface area contributed by atoms with Crippen molar-refractivity contribution in [3.05, 3.63) is 46.9 Å². The summed E-state index contributed by atoms with van der Waals surface area (Å²) in [6.45, 7) is 0. The molecule has 1 N–H and O–H groups in total. The number of nitrogens with one attached hydrogen (secondary N) is 1. The maximum Gasteiger partial charge on any atom is 0.208 e. The van der Waals surface area contributed by atoms with Crippen molar-refractivity contribution >= 4 is 23.4 Å². The molecule has 1 fully saturated rings. The monoisotopic (exact) mass is 388 g/mol. The number of thioether (sulfide) groups is 1. The maximum absolute atomic E-state index is 5.92. The van der Waals surface area contributed by atoms with E-state index in [2.05, 4.69) is 20.3 Å². The van der Waals surface area contributed by atoms with Crippen LogP contribution < -0.4 is 0 Å². The molecule has 0 aliphatic heterocycles. The zero-order chi connectivity index (χ0) is 17.8. The summed E-state index contributed by atoms with van der Waals surface area (Å²) in [4.78, 5) is 4.58. The number of aromatic nitrogens is 4. The summed E-state index contributed by atoms with van der Waals surface area (Å²) in [5.74, 6) is 3.31. The largest absolute Gasteiger partial charge is 0.360 e. The number of hydrogen-bond acceptors (Lipinski definition) is 5. The molecule has 0 radical (unpaired) electrons. The first-order valence-electron chi connectivity index (χ1n) is 9.02. The molecule has 1 aromatic carbocycles. The van der Waals surface area contributed by atoms with Crippen molar-refractivity contribution in [3.63, 3.8) is 0 Å². The van der Waals surface area contributed by atoms with Crippen molar-refractivity contribution < 1.29 is 4.52 Å². The summed E-state index contributed by atoms with van der Waals surface area (Å²) in [6.07, 6.45) is 7.72. The van der Waals surface area contributed by atoms with Crippen LogP contribution in [0.3, 0.4) is 0 Å². The molecule has 2 heterocycles. The Morgan fingerprint density at radius 3 is 2.81 bits per heavy atom. The van der Waals surface area contributed by atoms with Crippen LogP contribution in [0, 0.1) is 5.92 Å². The van der Waals surface area contributed by atoms with E-state index in [1.165, 1.54) is 32.1 Å². The van der Waals surface area contributed by atoms with Crippen LogP contribution in [0.2, 0.25) is 5.02 Å². The molecule has 1 saturated carbocycles. The van der Waals surface area contributed by atoms with Gasteiger partial charge in [0.05, 0.1) is 5.75 Å². The van der Waals surface area contributed by atoms with E-state index in [9.17, 15) is 0 Å². The van der Waals surface area contributed by atoms with Gasteiger partial charge in [-0.3, -0.25) is 5.10 Å². The quantitative estimate of drug-likeness (QED) is 0.539. The minimum absolute atomic E-state index is 0.653. The van der Waals surface area contributed by atoms with E-state index >= 15 is 0 Å². The third-order valence-electron chi connectivity index (χ3n) is 4.82. The lowest BCUT2D eigenvalue weighted by atomic mass is 10.0. The second-order valence-electron chi connectivity index (χ2n) is 6.73. The first kappa shape index (κ1) is 17.6. The number of nitrogens with zero attached hydrogens (tertiary/aromatic N) is 3. The normalized spacial score (nSPS) is 15.0. The zero-order valence-corrected chi connectivity index (χ0v) is 16.0. The molecule has 1 aliphatic rings. The number of aryl methyl sites for hydroxylation is 1. The van der Waals surface area contributed by atoms with Gasteiger partial charge in [-0.15, -0.1) is 5.10 Å². The molecule has 26 heavy (non-hydrogen) atoms. The maximum atomic E-state index is 5.92. The molecule has 5 nitrogen and oxygen atoms in total. The fraction of sp³-hybridized carbons (Fsp3) is 0.421. The van der Waals surface area contributed by atoms with Crippen molar-refractivity contribution in [3.8, 4) is 11.3 Å². The van der Waals surface area contributed by atoms with Crippen LogP contribution in [-0.4, -0.2) is 20.3 Å². The molecule has 2 aromatic heterocycles. The van der Waals surface area contributed by atoms with Gasteiger partial charge in [-0.25, -0.2) is 4.98 Å². The van der Waals surface area contributed by atoms with Crippen molar-refractivity contribution in [1.29, 1.82) is 0 Å². The smallest absolute Gasteiger partial charge is 0.208 e.